The molecule has 8 heteroatoms. The molecule has 30 heavy (non-hydrogen) atoms. The Kier molecular flexibility index (Phi) is 4.02. The number of hydrogen-bond donors (Lipinski definition) is 3. The largest absolute Gasteiger partial charge is 0.396 e. The fourth-order valence-electron chi connectivity index (χ4n) is 4.38. The van der Waals surface area contributed by atoms with E-state index >= 15 is 0 Å². The minimum Gasteiger partial charge on any atom is -0.396 e. The van der Waals surface area contributed by atoms with E-state index in [-0.39, 0.29) is 12.0 Å². The third-order valence-electron chi connectivity index (χ3n) is 6.55. The summed E-state index contributed by atoms with van der Waals surface area (Å²) in [6.45, 7) is 1.39. The maximum atomic E-state index is 9.95. The maximum absolute atomic E-state index is 9.95. The van der Waals surface area contributed by atoms with Gasteiger partial charge in [0.25, 0.3) is 0 Å². The van der Waals surface area contributed by atoms with Gasteiger partial charge < -0.3 is 15.4 Å². The molecule has 0 spiro atoms. The second-order valence-electron chi connectivity index (χ2n) is 8.81. The van der Waals surface area contributed by atoms with Crippen molar-refractivity contribution in [2.75, 3.05) is 11.9 Å². The third-order valence-corrected chi connectivity index (χ3v) is 6.55. The minimum absolute atomic E-state index is 0.0772. The normalized spacial score (nSPS) is 18.0. The van der Waals surface area contributed by atoms with Crippen LogP contribution in [0.3, 0.4) is 0 Å². The van der Waals surface area contributed by atoms with Crippen molar-refractivity contribution in [1.82, 2.24) is 29.7 Å². The maximum Gasteiger partial charge on any atom is 0.179 e. The van der Waals surface area contributed by atoms with Gasteiger partial charge >= 0.3 is 0 Å². The fraction of sp³-hybridized carbons (Fsp3) is 0.455. The number of fused-ring (bicyclic) bond motifs is 2. The monoisotopic (exact) mass is 403 g/mol. The molecule has 0 radical (unpaired) electrons. The molecule has 6 rings (SSSR count). The number of rotatable bonds is 7. The predicted molar refractivity (Wildman–Crippen MR) is 114 cm³/mol. The molecule has 2 aliphatic carbocycles. The summed E-state index contributed by atoms with van der Waals surface area (Å²) in [4.78, 5) is 17.6. The highest BCUT2D eigenvalue weighted by Crippen LogP contribution is 2.43. The number of hydrogen-bond acceptors (Lipinski definition) is 6. The SMILES string of the molecule is OCC1(Cn2nc(NCc3nc4ccccc4[nH]3)c3ncc(C4CC4)nc32)CCC1. The molecule has 3 heterocycles. The first-order valence-electron chi connectivity index (χ1n) is 10.7. The van der Waals surface area contributed by atoms with Gasteiger partial charge in [0.2, 0.25) is 0 Å². The van der Waals surface area contributed by atoms with Gasteiger partial charge in [0.05, 0.1) is 36.4 Å². The van der Waals surface area contributed by atoms with Gasteiger partial charge in [-0.3, -0.25) is 0 Å². The van der Waals surface area contributed by atoms with Gasteiger partial charge in [-0.05, 0) is 37.8 Å². The lowest BCUT2D eigenvalue weighted by molar-refractivity contribution is 0.0254. The van der Waals surface area contributed by atoms with Crippen LogP contribution >= 0.6 is 0 Å². The van der Waals surface area contributed by atoms with E-state index in [9.17, 15) is 5.11 Å². The van der Waals surface area contributed by atoms with Crippen LogP contribution in [0, 0.1) is 5.41 Å². The van der Waals surface area contributed by atoms with E-state index in [1.54, 1.807) is 0 Å². The van der Waals surface area contributed by atoms with Crippen LogP contribution < -0.4 is 5.32 Å². The number of aromatic amines is 1. The molecule has 3 aromatic heterocycles. The van der Waals surface area contributed by atoms with Crippen molar-refractivity contribution >= 4 is 28.0 Å². The standard InChI is InChI=1S/C22H25N7O/c30-13-22(8-3-9-22)12-29-21-19(23-10-17(27-21)14-6-7-14)20(28-29)24-11-18-25-15-4-1-2-5-16(15)26-18/h1-2,4-5,10,14,30H,3,6-9,11-13H2,(H,24,28)(H,25,26). The zero-order chi connectivity index (χ0) is 20.1. The predicted octanol–water partition coefficient (Wildman–Crippen LogP) is 3.35. The topological polar surface area (TPSA) is 105 Å². The number of aliphatic hydroxyl groups is 1. The van der Waals surface area contributed by atoms with E-state index in [1.165, 1.54) is 12.8 Å². The molecule has 154 valence electrons. The lowest BCUT2D eigenvalue weighted by atomic mass is 9.69. The molecular formula is C22H25N7O. The Balaban J connectivity index is 1.33. The summed E-state index contributed by atoms with van der Waals surface area (Å²) in [6, 6.07) is 8.00. The highest BCUT2D eigenvalue weighted by atomic mass is 16.3. The molecule has 2 aliphatic rings. The van der Waals surface area contributed by atoms with E-state index in [1.807, 2.05) is 35.1 Å². The lowest BCUT2D eigenvalue weighted by Crippen LogP contribution is -2.38. The minimum atomic E-state index is -0.0772. The van der Waals surface area contributed by atoms with Crippen molar-refractivity contribution in [2.24, 2.45) is 5.41 Å². The molecule has 1 aromatic carbocycles. The molecule has 2 saturated carbocycles. The molecule has 4 aromatic rings. The van der Waals surface area contributed by atoms with Crippen molar-refractivity contribution in [3.63, 3.8) is 0 Å². The molecule has 0 unspecified atom stereocenters. The second kappa shape index (κ2) is 6.77. The van der Waals surface area contributed by atoms with E-state index in [2.05, 4.69) is 15.3 Å². The van der Waals surface area contributed by atoms with E-state index in [0.29, 0.717) is 24.8 Å². The zero-order valence-electron chi connectivity index (χ0n) is 16.8. The van der Waals surface area contributed by atoms with E-state index in [0.717, 1.165) is 53.0 Å². The van der Waals surface area contributed by atoms with Crippen LogP contribution in [-0.4, -0.2) is 41.4 Å². The Morgan fingerprint density at radius 3 is 2.80 bits per heavy atom. The summed E-state index contributed by atoms with van der Waals surface area (Å²) in [5, 5.41) is 18.2. The quantitative estimate of drug-likeness (QED) is 0.437. The average molecular weight is 403 g/mol. The summed E-state index contributed by atoms with van der Waals surface area (Å²) in [6.07, 6.45) is 7.49. The molecule has 0 amide bonds. The van der Waals surface area contributed by atoms with Crippen molar-refractivity contribution in [3.8, 4) is 0 Å². The summed E-state index contributed by atoms with van der Waals surface area (Å²) < 4.78 is 1.95. The van der Waals surface area contributed by atoms with Crippen LogP contribution in [0.25, 0.3) is 22.2 Å². The number of aromatic nitrogens is 6. The molecule has 0 aliphatic heterocycles. The van der Waals surface area contributed by atoms with Crippen LogP contribution in [0.5, 0.6) is 0 Å². The molecule has 2 fully saturated rings. The fourth-order valence-corrected chi connectivity index (χ4v) is 4.38. The molecule has 0 bridgehead atoms. The zero-order valence-corrected chi connectivity index (χ0v) is 16.8. The van der Waals surface area contributed by atoms with Crippen molar-refractivity contribution in [3.05, 3.63) is 42.0 Å². The lowest BCUT2D eigenvalue weighted by Gasteiger charge is -2.40. The summed E-state index contributed by atoms with van der Waals surface area (Å²) >= 11 is 0. The highest BCUT2D eigenvalue weighted by molar-refractivity contribution is 5.83. The first kappa shape index (κ1) is 17.8. The van der Waals surface area contributed by atoms with Crippen LogP contribution in [0.2, 0.25) is 0 Å². The number of nitrogens with one attached hydrogen (secondary N) is 2. The number of para-hydroxylation sites is 2. The highest BCUT2D eigenvalue weighted by Gasteiger charge is 2.38. The van der Waals surface area contributed by atoms with Crippen LogP contribution in [0.4, 0.5) is 5.82 Å². The smallest absolute Gasteiger partial charge is 0.179 e. The Morgan fingerprint density at radius 2 is 2.07 bits per heavy atom. The summed E-state index contributed by atoms with van der Waals surface area (Å²) in [5.74, 6) is 2.10. The molecule has 8 nitrogen and oxygen atoms in total. The third kappa shape index (κ3) is 3.02. The number of aliphatic hydroxyl groups excluding tert-OH is 1. The van der Waals surface area contributed by atoms with E-state index in [4.69, 9.17) is 15.1 Å². The first-order valence-corrected chi connectivity index (χ1v) is 10.7. The van der Waals surface area contributed by atoms with Gasteiger partial charge in [0, 0.05) is 17.5 Å². The van der Waals surface area contributed by atoms with Crippen molar-refractivity contribution < 1.29 is 5.11 Å². The number of imidazole rings is 1. The van der Waals surface area contributed by atoms with E-state index < -0.39 is 0 Å². The number of anilines is 1. The van der Waals surface area contributed by atoms with Gasteiger partial charge in [-0.25, -0.2) is 19.6 Å². The molecular weight excluding hydrogens is 378 g/mol. The second-order valence-corrected chi connectivity index (χ2v) is 8.81. The first-order chi connectivity index (χ1) is 14.7. The van der Waals surface area contributed by atoms with Crippen LogP contribution in [-0.2, 0) is 13.1 Å². The molecule has 3 N–H and O–H groups in total. The Hall–Kier alpha value is -3.00. The van der Waals surface area contributed by atoms with Gasteiger partial charge in [-0.2, -0.15) is 5.10 Å². The Morgan fingerprint density at radius 1 is 1.20 bits per heavy atom. The van der Waals surface area contributed by atoms with Gasteiger partial charge in [0.1, 0.15) is 5.82 Å². The molecule has 0 saturated heterocycles. The summed E-state index contributed by atoms with van der Waals surface area (Å²) in [5.41, 5.74) is 4.54. The number of benzene rings is 1. The van der Waals surface area contributed by atoms with Crippen LogP contribution in [0.1, 0.15) is 49.5 Å². The average Bonchev–Trinajstić information content (AvgIpc) is 3.42. The Bertz CT molecular complexity index is 1180. The Labute approximate surface area is 173 Å². The van der Waals surface area contributed by atoms with Crippen molar-refractivity contribution in [1.29, 1.82) is 0 Å². The van der Waals surface area contributed by atoms with Gasteiger partial charge in [-0.15, -0.1) is 0 Å². The summed E-state index contributed by atoms with van der Waals surface area (Å²) in [7, 11) is 0. The number of H-pyrrole nitrogens is 1. The van der Waals surface area contributed by atoms with Gasteiger partial charge in [-0.1, -0.05) is 18.6 Å². The van der Waals surface area contributed by atoms with Crippen molar-refractivity contribution in [2.45, 2.75) is 51.1 Å². The van der Waals surface area contributed by atoms with Gasteiger partial charge in [0.15, 0.2) is 17.0 Å². The number of nitrogens with zero attached hydrogens (tertiary/aromatic N) is 5. The molecule has 0 atom stereocenters. The van der Waals surface area contributed by atoms with Crippen LogP contribution in [0.15, 0.2) is 30.5 Å².